The Bertz CT molecular complexity index is 665. The molecule has 1 aromatic carbocycles. The summed E-state index contributed by atoms with van der Waals surface area (Å²) in [5.41, 5.74) is 1.75. The van der Waals surface area contributed by atoms with Crippen molar-refractivity contribution in [2.75, 3.05) is 6.54 Å². The van der Waals surface area contributed by atoms with E-state index in [0.29, 0.717) is 11.6 Å². The van der Waals surface area contributed by atoms with Crippen LogP contribution in [-0.4, -0.2) is 38.4 Å². The number of aryl methyl sites for hydroxylation is 1. The second kappa shape index (κ2) is 7.60. The SMILES string of the molecule is CC(C)CCn1cc(C(=O)N2CCCC2Cc2ccccc2)nn1. The van der Waals surface area contributed by atoms with Crippen LogP contribution in [0.2, 0.25) is 0 Å². The Morgan fingerprint density at radius 2 is 2.08 bits per heavy atom. The number of carbonyl (C=O) groups excluding carboxylic acids is 1. The molecule has 0 spiro atoms. The molecule has 5 nitrogen and oxygen atoms in total. The third kappa shape index (κ3) is 4.02. The fourth-order valence-electron chi connectivity index (χ4n) is 3.24. The molecule has 0 saturated carbocycles. The lowest BCUT2D eigenvalue weighted by Crippen LogP contribution is -2.37. The third-order valence-electron chi connectivity index (χ3n) is 4.65. The monoisotopic (exact) mass is 326 g/mol. The maximum atomic E-state index is 12.8. The summed E-state index contributed by atoms with van der Waals surface area (Å²) in [6.45, 7) is 5.99. The van der Waals surface area contributed by atoms with E-state index in [1.807, 2.05) is 11.0 Å². The Morgan fingerprint density at radius 1 is 1.29 bits per heavy atom. The molecule has 1 fully saturated rings. The molecule has 24 heavy (non-hydrogen) atoms. The Morgan fingerprint density at radius 3 is 2.83 bits per heavy atom. The smallest absolute Gasteiger partial charge is 0.276 e. The van der Waals surface area contributed by atoms with Crippen LogP contribution in [-0.2, 0) is 13.0 Å². The van der Waals surface area contributed by atoms with Gasteiger partial charge in [0, 0.05) is 19.1 Å². The highest BCUT2D eigenvalue weighted by Gasteiger charge is 2.30. The molecule has 0 aliphatic carbocycles. The van der Waals surface area contributed by atoms with Gasteiger partial charge in [-0.05, 0) is 37.2 Å². The Labute approximate surface area is 143 Å². The van der Waals surface area contributed by atoms with E-state index in [2.05, 4.69) is 48.4 Å². The molecule has 1 aliphatic heterocycles. The van der Waals surface area contributed by atoms with Gasteiger partial charge >= 0.3 is 0 Å². The van der Waals surface area contributed by atoms with Crippen molar-refractivity contribution < 1.29 is 4.79 Å². The van der Waals surface area contributed by atoms with E-state index in [1.54, 1.807) is 10.9 Å². The van der Waals surface area contributed by atoms with Crippen LogP contribution < -0.4 is 0 Å². The molecule has 1 aromatic heterocycles. The van der Waals surface area contributed by atoms with Gasteiger partial charge in [-0.2, -0.15) is 0 Å². The van der Waals surface area contributed by atoms with Gasteiger partial charge in [0.2, 0.25) is 0 Å². The van der Waals surface area contributed by atoms with Crippen molar-refractivity contribution in [3.8, 4) is 0 Å². The van der Waals surface area contributed by atoms with E-state index in [1.165, 1.54) is 5.56 Å². The molecule has 1 amide bonds. The number of carbonyl (C=O) groups is 1. The Balaban J connectivity index is 1.65. The summed E-state index contributed by atoms with van der Waals surface area (Å²) in [4.78, 5) is 14.8. The van der Waals surface area contributed by atoms with Crippen molar-refractivity contribution in [1.29, 1.82) is 0 Å². The van der Waals surface area contributed by atoms with Crippen molar-refractivity contribution in [1.82, 2.24) is 19.9 Å². The molecule has 1 atom stereocenters. The van der Waals surface area contributed by atoms with Gasteiger partial charge in [0.05, 0.1) is 6.20 Å². The van der Waals surface area contributed by atoms with E-state index in [9.17, 15) is 4.79 Å². The maximum absolute atomic E-state index is 12.8. The highest BCUT2D eigenvalue weighted by Crippen LogP contribution is 2.23. The number of likely N-dealkylation sites (tertiary alicyclic amines) is 1. The molecule has 5 heteroatoms. The van der Waals surface area contributed by atoms with Crippen molar-refractivity contribution >= 4 is 5.91 Å². The summed E-state index contributed by atoms with van der Waals surface area (Å²) in [5.74, 6) is 0.631. The summed E-state index contributed by atoms with van der Waals surface area (Å²) >= 11 is 0. The van der Waals surface area contributed by atoms with E-state index < -0.39 is 0 Å². The zero-order chi connectivity index (χ0) is 16.9. The molecule has 2 aromatic rings. The van der Waals surface area contributed by atoms with Crippen LogP contribution in [0.1, 0.15) is 49.2 Å². The lowest BCUT2D eigenvalue weighted by Gasteiger charge is -2.23. The summed E-state index contributed by atoms with van der Waals surface area (Å²) in [7, 11) is 0. The fourth-order valence-corrected chi connectivity index (χ4v) is 3.24. The largest absolute Gasteiger partial charge is 0.334 e. The lowest BCUT2D eigenvalue weighted by atomic mass is 10.0. The zero-order valence-electron chi connectivity index (χ0n) is 14.6. The van der Waals surface area contributed by atoms with E-state index in [0.717, 1.165) is 38.8 Å². The topological polar surface area (TPSA) is 51.0 Å². The summed E-state index contributed by atoms with van der Waals surface area (Å²) in [5, 5.41) is 8.21. The van der Waals surface area contributed by atoms with Gasteiger partial charge in [-0.25, -0.2) is 0 Å². The lowest BCUT2D eigenvalue weighted by molar-refractivity contribution is 0.0730. The predicted octanol–water partition coefficient (Wildman–Crippen LogP) is 3.17. The van der Waals surface area contributed by atoms with Crippen molar-refractivity contribution in [3.05, 3.63) is 47.8 Å². The van der Waals surface area contributed by atoms with Gasteiger partial charge in [0.25, 0.3) is 5.91 Å². The van der Waals surface area contributed by atoms with E-state index in [4.69, 9.17) is 0 Å². The van der Waals surface area contributed by atoms with Gasteiger partial charge in [-0.15, -0.1) is 5.10 Å². The Kier molecular flexibility index (Phi) is 5.28. The van der Waals surface area contributed by atoms with Crippen molar-refractivity contribution in [3.63, 3.8) is 0 Å². The second-order valence-electron chi connectivity index (χ2n) is 7.03. The van der Waals surface area contributed by atoms with Gasteiger partial charge in [-0.1, -0.05) is 49.4 Å². The molecule has 1 saturated heterocycles. The maximum Gasteiger partial charge on any atom is 0.276 e. The Hall–Kier alpha value is -2.17. The summed E-state index contributed by atoms with van der Waals surface area (Å²) in [6, 6.07) is 10.6. The van der Waals surface area contributed by atoms with Gasteiger partial charge in [0.15, 0.2) is 5.69 Å². The van der Waals surface area contributed by atoms with Crippen LogP contribution in [0.3, 0.4) is 0 Å². The van der Waals surface area contributed by atoms with Crippen molar-refractivity contribution in [2.24, 2.45) is 5.92 Å². The van der Waals surface area contributed by atoms with Crippen molar-refractivity contribution in [2.45, 2.75) is 52.1 Å². The van der Waals surface area contributed by atoms with Crippen LogP contribution in [0.25, 0.3) is 0 Å². The van der Waals surface area contributed by atoms with Gasteiger partial charge in [-0.3, -0.25) is 9.48 Å². The van der Waals surface area contributed by atoms with Crippen LogP contribution in [0.15, 0.2) is 36.5 Å². The first kappa shape index (κ1) is 16.7. The molecular weight excluding hydrogens is 300 g/mol. The first-order valence-corrected chi connectivity index (χ1v) is 8.88. The minimum Gasteiger partial charge on any atom is -0.334 e. The van der Waals surface area contributed by atoms with Crippen LogP contribution in [0.5, 0.6) is 0 Å². The highest BCUT2D eigenvalue weighted by molar-refractivity contribution is 5.92. The average molecular weight is 326 g/mol. The number of hydrogen-bond acceptors (Lipinski definition) is 3. The zero-order valence-corrected chi connectivity index (χ0v) is 14.6. The first-order chi connectivity index (χ1) is 11.6. The molecule has 1 aliphatic rings. The predicted molar refractivity (Wildman–Crippen MR) is 93.7 cm³/mol. The fraction of sp³-hybridized carbons (Fsp3) is 0.526. The molecule has 128 valence electrons. The van der Waals surface area contributed by atoms with E-state index in [-0.39, 0.29) is 11.9 Å². The average Bonchev–Trinajstić information content (AvgIpc) is 3.22. The summed E-state index contributed by atoms with van der Waals surface area (Å²) in [6.07, 6.45) is 5.86. The normalized spacial score (nSPS) is 17.6. The molecule has 0 bridgehead atoms. The number of hydrogen-bond donors (Lipinski definition) is 0. The molecule has 0 N–H and O–H groups in total. The molecule has 2 heterocycles. The number of nitrogens with zero attached hydrogens (tertiary/aromatic N) is 4. The molecule has 0 radical (unpaired) electrons. The number of rotatable bonds is 6. The highest BCUT2D eigenvalue weighted by atomic mass is 16.2. The minimum absolute atomic E-state index is 0.0178. The first-order valence-electron chi connectivity index (χ1n) is 8.88. The summed E-state index contributed by atoms with van der Waals surface area (Å²) < 4.78 is 1.79. The van der Waals surface area contributed by atoms with Gasteiger partial charge in [0.1, 0.15) is 0 Å². The molecule has 3 rings (SSSR count). The number of aromatic nitrogens is 3. The number of amides is 1. The minimum atomic E-state index is 0.0178. The third-order valence-corrected chi connectivity index (χ3v) is 4.65. The van der Waals surface area contributed by atoms with Crippen LogP contribution in [0, 0.1) is 5.92 Å². The molecule has 1 unspecified atom stereocenters. The second-order valence-corrected chi connectivity index (χ2v) is 7.03. The van der Waals surface area contributed by atoms with Crippen LogP contribution in [0.4, 0.5) is 0 Å². The van der Waals surface area contributed by atoms with Gasteiger partial charge < -0.3 is 4.90 Å². The standard InChI is InChI=1S/C19H26N4O/c1-15(2)10-12-22-14-18(20-21-22)19(24)23-11-6-9-17(23)13-16-7-4-3-5-8-16/h3-5,7-8,14-15,17H,6,9-13H2,1-2H3. The van der Waals surface area contributed by atoms with E-state index >= 15 is 0 Å². The quantitative estimate of drug-likeness (QED) is 0.819. The number of benzene rings is 1. The van der Waals surface area contributed by atoms with Crippen LogP contribution >= 0.6 is 0 Å². The molecular formula is C19H26N4O.